The minimum absolute atomic E-state index is 0.396. The number of aliphatic hydroxyl groups is 1. The van der Waals surface area contributed by atoms with Gasteiger partial charge in [0.15, 0.2) is 9.84 Å². The van der Waals surface area contributed by atoms with Crippen molar-refractivity contribution in [2.24, 2.45) is 0 Å². The van der Waals surface area contributed by atoms with Crippen molar-refractivity contribution >= 4 is 21.4 Å². The van der Waals surface area contributed by atoms with Gasteiger partial charge in [-0.05, 0) is 23.6 Å². The van der Waals surface area contributed by atoms with Crippen LogP contribution >= 0.6 is 0 Å². The van der Waals surface area contributed by atoms with Gasteiger partial charge in [-0.2, -0.15) is 0 Å². The molecule has 5 nitrogen and oxygen atoms in total. The van der Waals surface area contributed by atoms with Crippen LogP contribution in [0.5, 0.6) is 0 Å². The minimum atomic E-state index is -3.53. The molecular weight excluding hydrogens is 266 g/mol. The van der Waals surface area contributed by atoms with E-state index in [1.54, 1.807) is 12.1 Å². The summed E-state index contributed by atoms with van der Waals surface area (Å²) in [5, 5.41) is 11.1. The number of carbonyl (C=O) groups excluding carboxylic acids is 1. The Hall–Kier alpha value is -1.40. The zero-order valence-corrected chi connectivity index (χ0v) is 11.9. The highest BCUT2D eigenvalue weighted by Crippen LogP contribution is 2.17. The summed E-state index contributed by atoms with van der Waals surface area (Å²) in [5.74, 6) is -1.20. The van der Waals surface area contributed by atoms with Gasteiger partial charge in [-0.1, -0.05) is 26.0 Å². The third-order valence-corrected chi connectivity index (χ3v) is 4.12. The number of sulfone groups is 1. The van der Waals surface area contributed by atoms with Gasteiger partial charge >= 0.3 is 0 Å². The van der Waals surface area contributed by atoms with Gasteiger partial charge in [-0.3, -0.25) is 4.79 Å². The van der Waals surface area contributed by atoms with E-state index in [-0.39, 0.29) is 0 Å². The van der Waals surface area contributed by atoms with Crippen LogP contribution in [-0.2, 0) is 14.6 Å². The third-order valence-electron chi connectivity index (χ3n) is 2.61. The quantitative estimate of drug-likeness (QED) is 0.821. The minimum Gasteiger partial charge on any atom is -0.395 e. The Morgan fingerprint density at radius 1 is 1.26 bits per heavy atom. The number of hydrogen-bond acceptors (Lipinski definition) is 4. The molecule has 0 saturated heterocycles. The van der Waals surface area contributed by atoms with Crippen molar-refractivity contribution in [3.8, 4) is 0 Å². The molecule has 0 aromatic heterocycles. The van der Waals surface area contributed by atoms with Gasteiger partial charge in [-0.15, -0.1) is 0 Å². The molecule has 1 rings (SSSR count). The molecule has 0 spiro atoms. The van der Waals surface area contributed by atoms with E-state index in [0.29, 0.717) is 11.6 Å². The smallest absolute Gasteiger partial charge is 0.239 e. The molecule has 0 aliphatic heterocycles. The van der Waals surface area contributed by atoms with E-state index in [0.717, 1.165) is 5.56 Å². The number of carbonyl (C=O) groups is 1. The molecule has 0 aliphatic rings. The molecule has 0 fully saturated rings. The van der Waals surface area contributed by atoms with Crippen LogP contribution in [-0.4, -0.2) is 37.5 Å². The number of benzene rings is 1. The van der Waals surface area contributed by atoms with Gasteiger partial charge < -0.3 is 10.4 Å². The molecule has 0 unspecified atom stereocenters. The molecule has 19 heavy (non-hydrogen) atoms. The van der Waals surface area contributed by atoms with Crippen molar-refractivity contribution in [2.75, 3.05) is 23.4 Å². The SMILES string of the molecule is CC(C)c1ccc(NC(=O)CS(=O)(=O)CCO)cc1. The molecular formula is C13H19NO4S. The van der Waals surface area contributed by atoms with Gasteiger partial charge in [0.1, 0.15) is 5.75 Å². The molecule has 2 N–H and O–H groups in total. The van der Waals surface area contributed by atoms with E-state index >= 15 is 0 Å². The number of aliphatic hydroxyl groups excluding tert-OH is 1. The van der Waals surface area contributed by atoms with E-state index in [1.807, 2.05) is 12.1 Å². The van der Waals surface area contributed by atoms with E-state index in [4.69, 9.17) is 5.11 Å². The molecule has 0 saturated carbocycles. The lowest BCUT2D eigenvalue weighted by molar-refractivity contribution is -0.113. The molecule has 1 amide bonds. The summed E-state index contributed by atoms with van der Waals surface area (Å²) >= 11 is 0. The molecule has 1 aromatic rings. The number of anilines is 1. The molecule has 1 aromatic carbocycles. The zero-order chi connectivity index (χ0) is 14.5. The Kier molecular flexibility index (Phi) is 5.50. The largest absolute Gasteiger partial charge is 0.395 e. The van der Waals surface area contributed by atoms with Crippen LogP contribution in [0.25, 0.3) is 0 Å². The summed E-state index contributed by atoms with van der Waals surface area (Å²) in [7, 11) is -3.53. The van der Waals surface area contributed by atoms with E-state index in [1.165, 1.54) is 0 Å². The summed E-state index contributed by atoms with van der Waals surface area (Å²) in [6.45, 7) is 3.66. The lowest BCUT2D eigenvalue weighted by Gasteiger charge is -2.08. The van der Waals surface area contributed by atoms with E-state index < -0.39 is 33.9 Å². The van der Waals surface area contributed by atoms with Crippen LogP contribution < -0.4 is 5.32 Å². The van der Waals surface area contributed by atoms with E-state index in [9.17, 15) is 13.2 Å². The Balaban J connectivity index is 2.62. The molecule has 0 bridgehead atoms. The van der Waals surface area contributed by atoms with Gasteiger partial charge in [-0.25, -0.2) is 8.42 Å². The summed E-state index contributed by atoms with van der Waals surface area (Å²) in [6, 6.07) is 7.27. The Labute approximate surface area is 113 Å². The predicted molar refractivity (Wildman–Crippen MR) is 74.9 cm³/mol. The molecule has 0 aliphatic carbocycles. The summed E-state index contributed by atoms with van der Waals surface area (Å²) < 4.78 is 22.7. The lowest BCUT2D eigenvalue weighted by atomic mass is 10.0. The van der Waals surface area contributed by atoms with Crippen molar-refractivity contribution in [3.63, 3.8) is 0 Å². The van der Waals surface area contributed by atoms with Crippen molar-refractivity contribution in [1.29, 1.82) is 0 Å². The first-order valence-electron chi connectivity index (χ1n) is 6.05. The van der Waals surface area contributed by atoms with Crippen molar-refractivity contribution in [1.82, 2.24) is 0 Å². The summed E-state index contributed by atoms with van der Waals surface area (Å²) in [5.41, 5.74) is 1.71. The predicted octanol–water partition coefficient (Wildman–Crippen LogP) is 1.16. The van der Waals surface area contributed by atoms with Crippen LogP contribution in [0.15, 0.2) is 24.3 Å². The maximum absolute atomic E-state index is 11.5. The van der Waals surface area contributed by atoms with E-state index in [2.05, 4.69) is 19.2 Å². The van der Waals surface area contributed by atoms with Crippen molar-refractivity contribution in [2.45, 2.75) is 19.8 Å². The molecule has 0 atom stereocenters. The summed E-state index contributed by atoms with van der Waals surface area (Å²) in [4.78, 5) is 11.5. The maximum Gasteiger partial charge on any atom is 0.239 e. The summed E-state index contributed by atoms with van der Waals surface area (Å²) in [6.07, 6.45) is 0. The average Bonchev–Trinajstić information content (AvgIpc) is 2.28. The van der Waals surface area contributed by atoms with Gasteiger partial charge in [0.05, 0.1) is 12.4 Å². The Morgan fingerprint density at radius 3 is 2.32 bits per heavy atom. The second kappa shape index (κ2) is 6.68. The van der Waals surface area contributed by atoms with Crippen LogP contribution in [0.4, 0.5) is 5.69 Å². The highest BCUT2D eigenvalue weighted by molar-refractivity contribution is 7.92. The number of hydrogen-bond donors (Lipinski definition) is 2. The standard InChI is InChI=1S/C13H19NO4S/c1-10(2)11-3-5-12(6-4-11)14-13(16)9-19(17,18)8-7-15/h3-6,10,15H,7-9H2,1-2H3,(H,14,16). The number of amides is 1. The fraction of sp³-hybridized carbons (Fsp3) is 0.462. The van der Waals surface area contributed by atoms with Crippen molar-refractivity contribution in [3.05, 3.63) is 29.8 Å². The number of rotatable bonds is 6. The zero-order valence-electron chi connectivity index (χ0n) is 11.1. The second-order valence-corrected chi connectivity index (χ2v) is 6.82. The fourth-order valence-electron chi connectivity index (χ4n) is 1.56. The molecule has 0 heterocycles. The normalized spacial score (nSPS) is 11.6. The van der Waals surface area contributed by atoms with Gasteiger partial charge in [0.25, 0.3) is 0 Å². The average molecular weight is 285 g/mol. The molecule has 0 radical (unpaired) electrons. The molecule has 6 heteroatoms. The second-order valence-electron chi connectivity index (χ2n) is 4.64. The first-order chi connectivity index (χ1) is 8.84. The lowest BCUT2D eigenvalue weighted by Crippen LogP contribution is -2.25. The third kappa shape index (κ3) is 5.40. The highest BCUT2D eigenvalue weighted by atomic mass is 32.2. The van der Waals surface area contributed by atoms with Crippen molar-refractivity contribution < 1.29 is 18.3 Å². The van der Waals surface area contributed by atoms with Gasteiger partial charge in [0.2, 0.25) is 5.91 Å². The Bertz CT molecular complexity index is 520. The van der Waals surface area contributed by atoms with Crippen LogP contribution in [0.1, 0.15) is 25.3 Å². The van der Waals surface area contributed by atoms with Crippen LogP contribution in [0.2, 0.25) is 0 Å². The van der Waals surface area contributed by atoms with Gasteiger partial charge in [0, 0.05) is 5.69 Å². The first kappa shape index (κ1) is 15.7. The monoisotopic (exact) mass is 285 g/mol. The van der Waals surface area contributed by atoms with Crippen LogP contribution in [0.3, 0.4) is 0 Å². The molecule has 106 valence electrons. The Morgan fingerprint density at radius 2 is 1.84 bits per heavy atom. The number of nitrogens with one attached hydrogen (secondary N) is 1. The maximum atomic E-state index is 11.5. The fourth-order valence-corrected chi connectivity index (χ4v) is 2.45. The first-order valence-corrected chi connectivity index (χ1v) is 7.87. The van der Waals surface area contributed by atoms with Crippen LogP contribution in [0, 0.1) is 0 Å². The topological polar surface area (TPSA) is 83.5 Å². The highest BCUT2D eigenvalue weighted by Gasteiger charge is 2.16.